The largest absolute Gasteiger partial charge is 0.344 e. The Morgan fingerprint density at radius 2 is 1.93 bits per heavy atom. The number of carbonyl (C=O) groups excluding carboxylic acids is 1. The molecule has 2 aromatic carbocycles. The lowest BCUT2D eigenvalue weighted by Crippen LogP contribution is -2.47. The first-order chi connectivity index (χ1) is 13.1. The van der Waals surface area contributed by atoms with Crippen LogP contribution in [0.2, 0.25) is 5.02 Å². The van der Waals surface area contributed by atoms with E-state index in [1.54, 1.807) is 11.0 Å². The van der Waals surface area contributed by atoms with Gasteiger partial charge in [-0.2, -0.15) is 5.26 Å². The van der Waals surface area contributed by atoms with E-state index in [1.165, 1.54) is 11.8 Å². The Kier molecular flexibility index (Phi) is 5.18. The van der Waals surface area contributed by atoms with E-state index in [0.717, 1.165) is 20.8 Å². The second-order valence-electron chi connectivity index (χ2n) is 6.36. The van der Waals surface area contributed by atoms with Gasteiger partial charge in [0.15, 0.2) is 0 Å². The molecule has 1 saturated heterocycles. The van der Waals surface area contributed by atoms with Gasteiger partial charge in [0.25, 0.3) is 0 Å². The van der Waals surface area contributed by atoms with Gasteiger partial charge in [0, 0.05) is 27.5 Å². The summed E-state index contributed by atoms with van der Waals surface area (Å²) in [6.45, 7) is 0.448. The second kappa shape index (κ2) is 7.59. The number of rotatable bonds is 2. The standard InChI is InChI=1S/C20H15BrClN3OS/c21-13-5-7-14(8-6-13)24-11-25-19(26)9-16(15-3-1-2-4-18(15)22)17(10-23)20(25)27-12-24/h1-8,16H,9,11-12H2. The maximum atomic E-state index is 12.9. The number of hydrogen-bond acceptors (Lipinski definition) is 4. The number of amides is 1. The minimum atomic E-state index is -0.283. The molecule has 1 amide bonds. The van der Waals surface area contributed by atoms with Crippen molar-refractivity contribution in [2.24, 2.45) is 0 Å². The van der Waals surface area contributed by atoms with Gasteiger partial charge in [-0.3, -0.25) is 9.69 Å². The number of anilines is 1. The third-order valence-electron chi connectivity index (χ3n) is 4.77. The van der Waals surface area contributed by atoms with E-state index in [2.05, 4.69) is 26.9 Å². The van der Waals surface area contributed by atoms with E-state index in [0.29, 0.717) is 23.1 Å². The lowest BCUT2D eigenvalue weighted by atomic mass is 9.86. The molecule has 2 aliphatic heterocycles. The van der Waals surface area contributed by atoms with Crippen molar-refractivity contribution in [1.29, 1.82) is 5.26 Å². The van der Waals surface area contributed by atoms with Crippen molar-refractivity contribution in [3.63, 3.8) is 0 Å². The minimum Gasteiger partial charge on any atom is -0.344 e. The SMILES string of the molecule is N#CC1=C2SCN(c3ccc(Br)cc3)CN2C(=O)CC1c1ccccc1Cl. The number of hydrogen-bond donors (Lipinski definition) is 0. The van der Waals surface area contributed by atoms with Crippen LogP contribution in [0.5, 0.6) is 0 Å². The van der Waals surface area contributed by atoms with E-state index < -0.39 is 0 Å². The van der Waals surface area contributed by atoms with Gasteiger partial charge in [-0.1, -0.05) is 57.5 Å². The summed E-state index contributed by atoms with van der Waals surface area (Å²) >= 11 is 11.3. The molecule has 1 fully saturated rings. The van der Waals surface area contributed by atoms with Crippen LogP contribution in [-0.2, 0) is 4.79 Å². The molecule has 0 radical (unpaired) electrons. The molecule has 4 rings (SSSR count). The number of allylic oxidation sites excluding steroid dienone is 1. The molecule has 7 heteroatoms. The van der Waals surface area contributed by atoms with E-state index in [1.807, 2.05) is 42.5 Å². The van der Waals surface area contributed by atoms with Crippen molar-refractivity contribution in [1.82, 2.24) is 4.90 Å². The predicted molar refractivity (Wildman–Crippen MR) is 112 cm³/mol. The van der Waals surface area contributed by atoms with E-state index in [9.17, 15) is 10.1 Å². The van der Waals surface area contributed by atoms with Gasteiger partial charge in [0.05, 0.1) is 29.2 Å². The molecule has 136 valence electrons. The summed E-state index contributed by atoms with van der Waals surface area (Å²) in [7, 11) is 0. The predicted octanol–water partition coefficient (Wildman–Crippen LogP) is 5.32. The van der Waals surface area contributed by atoms with E-state index in [4.69, 9.17) is 11.6 Å². The fourth-order valence-electron chi connectivity index (χ4n) is 3.40. The number of fused-ring (bicyclic) bond motifs is 1. The Bertz CT molecular complexity index is 970. The first-order valence-corrected chi connectivity index (χ1v) is 10.6. The molecule has 2 heterocycles. The van der Waals surface area contributed by atoms with Crippen LogP contribution in [0, 0.1) is 11.3 Å². The van der Waals surface area contributed by atoms with Gasteiger partial charge in [-0.15, -0.1) is 0 Å². The summed E-state index contributed by atoms with van der Waals surface area (Å²) in [5.74, 6) is 0.415. The molecule has 0 spiro atoms. The van der Waals surface area contributed by atoms with Crippen LogP contribution in [0.4, 0.5) is 5.69 Å². The highest BCUT2D eigenvalue weighted by atomic mass is 79.9. The van der Waals surface area contributed by atoms with Gasteiger partial charge in [0.2, 0.25) is 5.91 Å². The number of carbonyl (C=O) groups is 1. The summed E-state index contributed by atoms with van der Waals surface area (Å²) in [6.07, 6.45) is 0.255. The molecule has 27 heavy (non-hydrogen) atoms. The molecule has 0 aromatic heterocycles. The van der Waals surface area contributed by atoms with Crippen LogP contribution in [0.15, 0.2) is 63.6 Å². The summed E-state index contributed by atoms with van der Waals surface area (Å²) < 4.78 is 1.01. The number of thioether (sulfide) groups is 1. The van der Waals surface area contributed by atoms with Gasteiger partial charge in [-0.25, -0.2) is 0 Å². The molecule has 0 saturated carbocycles. The maximum Gasteiger partial charge on any atom is 0.229 e. The number of nitrogens with zero attached hydrogens (tertiary/aromatic N) is 3. The first kappa shape index (κ1) is 18.4. The van der Waals surface area contributed by atoms with Gasteiger partial charge in [0.1, 0.15) is 0 Å². The lowest BCUT2D eigenvalue weighted by Gasteiger charge is -2.42. The van der Waals surface area contributed by atoms with Crippen molar-refractivity contribution in [3.05, 3.63) is 74.2 Å². The Morgan fingerprint density at radius 1 is 1.19 bits per heavy atom. The third-order valence-corrected chi connectivity index (χ3v) is 6.79. The highest BCUT2D eigenvalue weighted by Crippen LogP contribution is 2.44. The Morgan fingerprint density at radius 3 is 2.63 bits per heavy atom. The van der Waals surface area contributed by atoms with Crippen LogP contribution in [0.25, 0.3) is 0 Å². The summed E-state index contributed by atoms with van der Waals surface area (Å²) in [5.41, 5.74) is 2.51. The Labute approximate surface area is 175 Å². The second-order valence-corrected chi connectivity index (χ2v) is 8.62. The van der Waals surface area contributed by atoms with E-state index in [-0.39, 0.29) is 18.2 Å². The van der Waals surface area contributed by atoms with Gasteiger partial charge in [-0.05, 0) is 35.9 Å². The number of benzene rings is 2. The van der Waals surface area contributed by atoms with Crippen molar-refractivity contribution < 1.29 is 4.79 Å². The molecule has 2 aliphatic rings. The van der Waals surface area contributed by atoms with Crippen LogP contribution < -0.4 is 4.90 Å². The molecule has 2 aromatic rings. The average Bonchev–Trinajstić information content (AvgIpc) is 2.69. The summed E-state index contributed by atoms with van der Waals surface area (Å²) in [5, 5.41) is 11.2. The molecule has 1 atom stereocenters. The summed E-state index contributed by atoms with van der Waals surface area (Å²) in [6, 6.07) is 17.8. The Hall–Kier alpha value is -1.94. The van der Waals surface area contributed by atoms with Crippen LogP contribution in [-0.4, -0.2) is 23.4 Å². The van der Waals surface area contributed by atoms with Crippen molar-refractivity contribution in [2.45, 2.75) is 12.3 Å². The highest BCUT2D eigenvalue weighted by Gasteiger charge is 2.38. The average molecular weight is 461 g/mol. The fourth-order valence-corrected chi connectivity index (χ4v) is 5.10. The normalized spacial score (nSPS) is 19.7. The highest BCUT2D eigenvalue weighted by molar-refractivity contribution is 9.10. The summed E-state index contributed by atoms with van der Waals surface area (Å²) in [4.78, 5) is 16.8. The van der Waals surface area contributed by atoms with Crippen LogP contribution in [0.3, 0.4) is 0 Å². The molecule has 0 aliphatic carbocycles. The number of halogens is 2. The zero-order valence-electron chi connectivity index (χ0n) is 14.2. The molecule has 0 N–H and O–H groups in total. The van der Waals surface area contributed by atoms with Gasteiger partial charge < -0.3 is 4.90 Å². The van der Waals surface area contributed by atoms with Gasteiger partial charge >= 0.3 is 0 Å². The fraction of sp³-hybridized carbons (Fsp3) is 0.200. The van der Waals surface area contributed by atoms with Crippen molar-refractivity contribution in [3.8, 4) is 6.07 Å². The molecular formula is C20H15BrClN3OS. The monoisotopic (exact) mass is 459 g/mol. The molecule has 4 nitrogen and oxygen atoms in total. The lowest BCUT2D eigenvalue weighted by molar-refractivity contribution is -0.129. The molecule has 0 bridgehead atoms. The zero-order chi connectivity index (χ0) is 19.0. The van der Waals surface area contributed by atoms with Crippen molar-refractivity contribution >= 4 is 50.9 Å². The maximum absolute atomic E-state index is 12.9. The molecule has 1 unspecified atom stereocenters. The smallest absolute Gasteiger partial charge is 0.229 e. The zero-order valence-corrected chi connectivity index (χ0v) is 17.4. The third kappa shape index (κ3) is 3.47. The van der Waals surface area contributed by atoms with Crippen LogP contribution >= 0.6 is 39.3 Å². The minimum absolute atomic E-state index is 0.0169. The topological polar surface area (TPSA) is 47.3 Å². The molecular weight excluding hydrogens is 446 g/mol. The van der Waals surface area contributed by atoms with E-state index >= 15 is 0 Å². The van der Waals surface area contributed by atoms with Crippen molar-refractivity contribution in [2.75, 3.05) is 17.4 Å². The number of nitriles is 1. The Balaban J connectivity index is 1.68. The van der Waals surface area contributed by atoms with Crippen LogP contribution in [0.1, 0.15) is 17.9 Å². The first-order valence-electron chi connectivity index (χ1n) is 8.41. The quantitative estimate of drug-likeness (QED) is 0.608.